The van der Waals surface area contributed by atoms with Crippen LogP contribution in [-0.2, 0) is 20.3 Å². The molecule has 1 aromatic heterocycles. The van der Waals surface area contributed by atoms with Crippen LogP contribution in [0.5, 0.6) is 0 Å². The Balaban J connectivity index is 2.26. The van der Waals surface area contributed by atoms with Gasteiger partial charge in [-0.3, -0.25) is 4.79 Å². The number of aryl methyl sites for hydroxylation is 1. The van der Waals surface area contributed by atoms with E-state index in [1.807, 2.05) is 19.1 Å². The molecule has 0 fully saturated rings. The van der Waals surface area contributed by atoms with E-state index in [-0.39, 0.29) is 12.4 Å². The van der Waals surface area contributed by atoms with Crippen molar-refractivity contribution in [1.29, 1.82) is 0 Å². The van der Waals surface area contributed by atoms with Gasteiger partial charge in [-0.1, -0.05) is 17.7 Å². The maximum atomic E-state index is 12.7. The first-order valence-corrected chi connectivity index (χ1v) is 8.51. The number of benzene rings is 1. The minimum atomic E-state index is -1.50. The summed E-state index contributed by atoms with van der Waals surface area (Å²) in [5.74, 6) is -1.21. The van der Waals surface area contributed by atoms with E-state index < -0.39 is 28.8 Å². The van der Waals surface area contributed by atoms with Crippen molar-refractivity contribution in [2.24, 2.45) is 5.92 Å². The van der Waals surface area contributed by atoms with Crippen LogP contribution in [-0.4, -0.2) is 21.9 Å². The molecule has 1 heterocycles. The molecule has 0 unspecified atom stereocenters. The maximum absolute atomic E-state index is 12.7. The van der Waals surface area contributed by atoms with Crippen LogP contribution in [0.1, 0.15) is 31.3 Å². The van der Waals surface area contributed by atoms with Gasteiger partial charge in [0.15, 0.2) is 0 Å². The molecule has 0 aliphatic rings. The van der Waals surface area contributed by atoms with Crippen LogP contribution in [0.15, 0.2) is 50.8 Å². The second-order valence-electron chi connectivity index (χ2n) is 5.22. The van der Waals surface area contributed by atoms with Gasteiger partial charge in [0.1, 0.15) is 11.9 Å². The van der Waals surface area contributed by atoms with Crippen molar-refractivity contribution in [2.45, 2.75) is 36.7 Å². The Morgan fingerprint density at radius 1 is 1.30 bits per heavy atom. The summed E-state index contributed by atoms with van der Waals surface area (Å²) in [6.45, 7) is 5.42. The fourth-order valence-electron chi connectivity index (χ4n) is 2.10. The lowest BCUT2D eigenvalue weighted by atomic mass is 10.0. The van der Waals surface area contributed by atoms with Crippen LogP contribution in [0.3, 0.4) is 0 Å². The zero-order chi connectivity index (χ0) is 17.0. The van der Waals surface area contributed by atoms with Gasteiger partial charge in [0, 0.05) is 4.90 Å². The topological polar surface area (TPSA) is 76.7 Å². The Morgan fingerprint density at radius 3 is 2.57 bits per heavy atom. The average Bonchev–Trinajstić information content (AvgIpc) is 3.03. The molecule has 2 aromatic rings. The van der Waals surface area contributed by atoms with Crippen molar-refractivity contribution in [1.82, 2.24) is 0 Å². The van der Waals surface area contributed by atoms with Crippen LogP contribution in [0.4, 0.5) is 0 Å². The molecule has 124 valence electrons. The molecule has 0 amide bonds. The van der Waals surface area contributed by atoms with Crippen LogP contribution < -0.4 is 0 Å². The van der Waals surface area contributed by atoms with Crippen LogP contribution >= 0.6 is 0 Å². The van der Waals surface area contributed by atoms with E-state index in [0.29, 0.717) is 9.79 Å². The average molecular weight is 336 g/mol. The third kappa shape index (κ3) is 3.89. The second kappa shape index (κ2) is 7.57. The Kier molecular flexibility index (Phi) is 5.74. The normalized spacial score (nSPS) is 15.0. The second-order valence-corrected chi connectivity index (χ2v) is 6.67. The Bertz CT molecular complexity index is 689. The van der Waals surface area contributed by atoms with Gasteiger partial charge in [-0.2, -0.15) is 0 Å². The van der Waals surface area contributed by atoms with E-state index in [1.54, 1.807) is 32.0 Å². The summed E-state index contributed by atoms with van der Waals surface area (Å²) in [5.41, 5.74) is 1.06. The van der Waals surface area contributed by atoms with E-state index in [9.17, 15) is 14.1 Å². The maximum Gasteiger partial charge on any atom is 0.311 e. The van der Waals surface area contributed by atoms with Gasteiger partial charge in [0.25, 0.3) is 0 Å². The van der Waals surface area contributed by atoms with E-state index in [0.717, 1.165) is 5.56 Å². The number of aliphatic hydroxyl groups excluding tert-OH is 1. The molecule has 3 atom stereocenters. The van der Waals surface area contributed by atoms with Crippen molar-refractivity contribution in [3.63, 3.8) is 0 Å². The van der Waals surface area contributed by atoms with Crippen LogP contribution in [0.25, 0.3) is 0 Å². The molecule has 2 rings (SSSR count). The first-order chi connectivity index (χ1) is 11.0. The summed E-state index contributed by atoms with van der Waals surface area (Å²) in [5, 5.41) is 10.4. The number of hydrogen-bond donors (Lipinski definition) is 1. The molecule has 0 saturated carbocycles. The van der Waals surface area contributed by atoms with Gasteiger partial charge in [-0.15, -0.1) is 0 Å². The number of hydrogen-bond acceptors (Lipinski definition) is 5. The summed E-state index contributed by atoms with van der Waals surface area (Å²) >= 11 is 0. The number of furan rings is 1. The van der Waals surface area contributed by atoms with E-state index >= 15 is 0 Å². The largest absolute Gasteiger partial charge is 0.466 e. The minimum absolute atomic E-state index is 0.129. The van der Waals surface area contributed by atoms with Crippen molar-refractivity contribution in [3.8, 4) is 0 Å². The number of esters is 1. The number of carbonyl (C=O) groups excluding carboxylic acids is 1. The summed E-state index contributed by atoms with van der Waals surface area (Å²) < 4.78 is 22.9. The van der Waals surface area contributed by atoms with Gasteiger partial charge >= 0.3 is 5.97 Å². The molecular weight excluding hydrogens is 316 g/mol. The SMILES string of the molecule is CCOC(=O)[C@H](C)[C@H](O)c1occc1[S@@](=O)c1ccc(C)cc1. The Morgan fingerprint density at radius 2 is 1.96 bits per heavy atom. The van der Waals surface area contributed by atoms with Gasteiger partial charge in [-0.25, -0.2) is 4.21 Å². The molecule has 0 spiro atoms. The fraction of sp³-hybridized carbons (Fsp3) is 0.353. The minimum Gasteiger partial charge on any atom is -0.466 e. The van der Waals surface area contributed by atoms with Crippen molar-refractivity contribution < 1.29 is 23.3 Å². The van der Waals surface area contributed by atoms with Crippen LogP contribution in [0.2, 0.25) is 0 Å². The lowest BCUT2D eigenvalue weighted by Crippen LogP contribution is -2.22. The van der Waals surface area contributed by atoms with Crippen LogP contribution in [0, 0.1) is 12.8 Å². The number of ether oxygens (including phenoxy) is 1. The standard InChI is InChI=1S/C17H20O5S/c1-4-21-17(19)12(3)15(18)16-14(9-10-22-16)23(20)13-7-5-11(2)6-8-13/h5-10,12,15,18H,4H2,1-3H3/t12-,15+,23+/m1/s1. The highest BCUT2D eigenvalue weighted by Gasteiger charge is 2.30. The quantitative estimate of drug-likeness (QED) is 0.821. The van der Waals surface area contributed by atoms with Crippen molar-refractivity contribution >= 4 is 16.8 Å². The van der Waals surface area contributed by atoms with Gasteiger partial charge in [0.05, 0.1) is 34.5 Å². The smallest absolute Gasteiger partial charge is 0.311 e. The summed E-state index contributed by atoms with van der Waals surface area (Å²) in [7, 11) is -1.50. The highest BCUT2D eigenvalue weighted by molar-refractivity contribution is 7.85. The van der Waals surface area contributed by atoms with E-state index in [4.69, 9.17) is 9.15 Å². The van der Waals surface area contributed by atoms with Crippen molar-refractivity contribution in [3.05, 3.63) is 47.9 Å². The van der Waals surface area contributed by atoms with Gasteiger partial charge < -0.3 is 14.3 Å². The molecule has 0 aliphatic heterocycles. The Hall–Kier alpha value is -1.92. The third-order valence-corrected chi connectivity index (χ3v) is 4.93. The molecule has 1 N–H and O–H groups in total. The molecule has 0 saturated heterocycles. The molecule has 0 radical (unpaired) electrons. The first kappa shape index (κ1) is 17.4. The zero-order valence-electron chi connectivity index (χ0n) is 13.3. The molecule has 23 heavy (non-hydrogen) atoms. The summed E-state index contributed by atoms with van der Waals surface area (Å²) in [6.07, 6.45) is 0.145. The predicted octanol–water partition coefficient (Wildman–Crippen LogP) is 2.99. The van der Waals surface area contributed by atoms with Crippen molar-refractivity contribution in [2.75, 3.05) is 6.61 Å². The number of aliphatic hydroxyl groups is 1. The highest BCUT2D eigenvalue weighted by Crippen LogP contribution is 2.31. The molecule has 5 nitrogen and oxygen atoms in total. The molecule has 0 aliphatic carbocycles. The fourth-order valence-corrected chi connectivity index (χ4v) is 3.26. The number of carbonyl (C=O) groups is 1. The lowest BCUT2D eigenvalue weighted by Gasteiger charge is -2.16. The first-order valence-electron chi connectivity index (χ1n) is 7.36. The zero-order valence-corrected chi connectivity index (χ0v) is 14.1. The summed E-state index contributed by atoms with van der Waals surface area (Å²) in [6, 6.07) is 8.81. The van der Waals surface area contributed by atoms with E-state index in [1.165, 1.54) is 6.26 Å². The number of rotatable bonds is 6. The molecule has 1 aromatic carbocycles. The summed E-state index contributed by atoms with van der Waals surface area (Å²) in [4.78, 5) is 12.7. The Labute approximate surface area is 137 Å². The van der Waals surface area contributed by atoms with Gasteiger partial charge in [-0.05, 0) is 39.0 Å². The third-order valence-electron chi connectivity index (χ3n) is 3.49. The van der Waals surface area contributed by atoms with E-state index in [2.05, 4.69) is 0 Å². The lowest BCUT2D eigenvalue weighted by molar-refractivity contribution is -0.151. The predicted molar refractivity (Wildman–Crippen MR) is 85.3 cm³/mol. The molecule has 0 bridgehead atoms. The molecule has 6 heteroatoms. The monoisotopic (exact) mass is 336 g/mol. The van der Waals surface area contributed by atoms with Gasteiger partial charge in [0.2, 0.25) is 0 Å². The molecular formula is C17H20O5S. The highest BCUT2D eigenvalue weighted by atomic mass is 32.2.